The van der Waals surface area contributed by atoms with E-state index >= 15 is 0 Å². The summed E-state index contributed by atoms with van der Waals surface area (Å²) in [6, 6.07) is 4.81. The first-order valence-corrected chi connectivity index (χ1v) is 6.93. The van der Waals surface area contributed by atoms with Gasteiger partial charge < -0.3 is 10.0 Å². The molecular formula is C16H22FNO2. The normalized spacial score (nSPS) is 12.6. The van der Waals surface area contributed by atoms with Crippen molar-refractivity contribution in [3.8, 4) is 0 Å². The van der Waals surface area contributed by atoms with E-state index in [1.165, 1.54) is 12.1 Å². The number of carboxylic acids is 1. The lowest BCUT2D eigenvalue weighted by Crippen LogP contribution is -2.28. The van der Waals surface area contributed by atoms with Crippen molar-refractivity contribution in [3.63, 3.8) is 0 Å². The molecule has 110 valence electrons. The molecule has 1 aromatic carbocycles. The first-order chi connectivity index (χ1) is 9.47. The highest BCUT2D eigenvalue weighted by molar-refractivity contribution is 5.85. The summed E-state index contributed by atoms with van der Waals surface area (Å²) in [5, 5.41) is 8.56. The Morgan fingerprint density at radius 1 is 1.45 bits per heavy atom. The van der Waals surface area contributed by atoms with Crippen LogP contribution < -0.4 is 4.90 Å². The minimum atomic E-state index is -1.04. The predicted octanol–water partition coefficient (Wildman–Crippen LogP) is 3.80. The van der Waals surface area contributed by atoms with E-state index < -0.39 is 5.97 Å². The first-order valence-electron chi connectivity index (χ1n) is 6.93. The van der Waals surface area contributed by atoms with Crippen LogP contribution in [0, 0.1) is 11.7 Å². The lowest BCUT2D eigenvalue weighted by molar-refractivity contribution is -0.131. The van der Waals surface area contributed by atoms with Gasteiger partial charge >= 0.3 is 5.97 Å². The number of halogens is 1. The molecule has 4 heteroatoms. The zero-order chi connectivity index (χ0) is 15.1. The second-order valence-electron chi connectivity index (χ2n) is 4.93. The smallest absolute Gasteiger partial charge is 0.328 e. The molecule has 0 aliphatic carbocycles. The van der Waals surface area contributed by atoms with Gasteiger partial charge in [0, 0.05) is 19.2 Å². The Morgan fingerprint density at radius 2 is 2.15 bits per heavy atom. The molecule has 1 aromatic rings. The van der Waals surface area contributed by atoms with Crippen LogP contribution in [0.5, 0.6) is 0 Å². The Bertz CT molecular complexity index is 485. The van der Waals surface area contributed by atoms with Crippen LogP contribution >= 0.6 is 0 Å². The summed E-state index contributed by atoms with van der Waals surface area (Å²) in [5.41, 5.74) is 1.12. The highest BCUT2D eigenvalue weighted by Crippen LogP contribution is 2.22. The third-order valence-corrected chi connectivity index (χ3v) is 3.34. The number of carboxylic acid groups (broad SMARTS) is 1. The largest absolute Gasteiger partial charge is 0.478 e. The Balaban J connectivity index is 2.93. The fourth-order valence-electron chi connectivity index (χ4n) is 1.95. The van der Waals surface area contributed by atoms with Gasteiger partial charge in [-0.05, 0) is 36.6 Å². The van der Waals surface area contributed by atoms with Crippen molar-refractivity contribution in [2.75, 3.05) is 18.0 Å². The van der Waals surface area contributed by atoms with E-state index in [-0.39, 0.29) is 5.82 Å². The molecule has 20 heavy (non-hydrogen) atoms. The molecule has 0 radical (unpaired) electrons. The second-order valence-corrected chi connectivity index (χ2v) is 4.93. The average molecular weight is 279 g/mol. The van der Waals surface area contributed by atoms with Crippen LogP contribution in [0.15, 0.2) is 24.3 Å². The number of rotatable bonds is 7. The summed E-state index contributed by atoms with van der Waals surface area (Å²) in [5.74, 6) is -0.856. The molecule has 1 unspecified atom stereocenters. The Morgan fingerprint density at radius 3 is 2.65 bits per heavy atom. The minimum absolute atomic E-state index is 0.317. The van der Waals surface area contributed by atoms with Crippen LogP contribution in [0.3, 0.4) is 0 Å². The standard InChI is InChI=1S/C16H22FNO2/c1-4-12(3)11-18(5-2)15-8-6-13(10-14(15)17)7-9-16(19)20/h6-10,12H,4-5,11H2,1-3H3,(H,19,20). The molecule has 0 bridgehead atoms. The maximum absolute atomic E-state index is 14.1. The topological polar surface area (TPSA) is 40.5 Å². The lowest BCUT2D eigenvalue weighted by atomic mass is 10.1. The maximum Gasteiger partial charge on any atom is 0.328 e. The van der Waals surface area contributed by atoms with Gasteiger partial charge in [0.05, 0.1) is 5.69 Å². The SMILES string of the molecule is CCC(C)CN(CC)c1ccc(C=CC(=O)O)cc1F. The van der Waals surface area contributed by atoms with Crippen LogP contribution in [0.25, 0.3) is 6.08 Å². The highest BCUT2D eigenvalue weighted by atomic mass is 19.1. The summed E-state index contributed by atoms with van der Waals surface area (Å²) < 4.78 is 14.1. The quantitative estimate of drug-likeness (QED) is 0.772. The molecule has 0 amide bonds. The zero-order valence-corrected chi connectivity index (χ0v) is 12.3. The van der Waals surface area contributed by atoms with E-state index in [1.807, 2.05) is 11.8 Å². The van der Waals surface area contributed by atoms with Crippen molar-refractivity contribution in [2.45, 2.75) is 27.2 Å². The molecule has 0 heterocycles. The molecule has 0 saturated carbocycles. The maximum atomic E-state index is 14.1. The Kier molecular flexibility index (Phi) is 6.22. The third-order valence-electron chi connectivity index (χ3n) is 3.34. The monoisotopic (exact) mass is 279 g/mol. The molecule has 3 nitrogen and oxygen atoms in total. The van der Waals surface area contributed by atoms with Crippen LogP contribution in [0.1, 0.15) is 32.8 Å². The molecule has 0 aliphatic heterocycles. The van der Waals surface area contributed by atoms with Gasteiger partial charge in [-0.25, -0.2) is 9.18 Å². The fourth-order valence-corrected chi connectivity index (χ4v) is 1.95. The van der Waals surface area contributed by atoms with E-state index in [0.717, 1.165) is 25.6 Å². The number of aliphatic carboxylic acids is 1. The van der Waals surface area contributed by atoms with Crippen molar-refractivity contribution in [1.82, 2.24) is 0 Å². The van der Waals surface area contributed by atoms with Gasteiger partial charge in [0.1, 0.15) is 5.82 Å². The van der Waals surface area contributed by atoms with Crippen molar-refractivity contribution < 1.29 is 14.3 Å². The Labute approximate surface area is 119 Å². The van der Waals surface area contributed by atoms with Gasteiger partial charge in [0.15, 0.2) is 0 Å². The number of hydrogen-bond donors (Lipinski definition) is 1. The van der Waals surface area contributed by atoms with E-state index in [1.54, 1.807) is 12.1 Å². The molecule has 0 aliphatic rings. The van der Waals surface area contributed by atoms with Gasteiger partial charge in [-0.3, -0.25) is 0 Å². The van der Waals surface area contributed by atoms with E-state index in [4.69, 9.17) is 5.11 Å². The second kappa shape index (κ2) is 7.68. The van der Waals surface area contributed by atoms with Crippen molar-refractivity contribution in [1.29, 1.82) is 0 Å². The van der Waals surface area contributed by atoms with Gasteiger partial charge in [-0.1, -0.05) is 26.3 Å². The van der Waals surface area contributed by atoms with E-state index in [9.17, 15) is 9.18 Å². The summed E-state index contributed by atoms with van der Waals surface area (Å²) in [7, 11) is 0. The van der Waals surface area contributed by atoms with Gasteiger partial charge in [-0.2, -0.15) is 0 Å². The predicted molar refractivity (Wildman–Crippen MR) is 80.4 cm³/mol. The summed E-state index contributed by atoms with van der Waals surface area (Å²) >= 11 is 0. The molecule has 0 saturated heterocycles. The molecule has 0 fully saturated rings. The number of nitrogens with zero attached hydrogens (tertiary/aromatic N) is 1. The fraction of sp³-hybridized carbons (Fsp3) is 0.438. The number of hydrogen-bond acceptors (Lipinski definition) is 2. The molecule has 1 N–H and O–H groups in total. The molecule has 1 rings (SSSR count). The molecule has 0 spiro atoms. The van der Waals surface area contributed by atoms with Crippen molar-refractivity contribution in [3.05, 3.63) is 35.7 Å². The summed E-state index contributed by atoms with van der Waals surface area (Å²) in [6.45, 7) is 7.82. The first kappa shape index (κ1) is 16.2. The molecular weight excluding hydrogens is 257 g/mol. The lowest BCUT2D eigenvalue weighted by Gasteiger charge is -2.26. The van der Waals surface area contributed by atoms with Gasteiger partial charge in [-0.15, -0.1) is 0 Å². The average Bonchev–Trinajstić information content (AvgIpc) is 2.42. The van der Waals surface area contributed by atoms with Crippen molar-refractivity contribution in [2.24, 2.45) is 5.92 Å². The summed E-state index contributed by atoms with van der Waals surface area (Å²) in [4.78, 5) is 12.5. The number of anilines is 1. The van der Waals surface area contributed by atoms with Crippen molar-refractivity contribution >= 4 is 17.7 Å². The third kappa shape index (κ3) is 4.68. The van der Waals surface area contributed by atoms with Gasteiger partial charge in [0.25, 0.3) is 0 Å². The van der Waals surface area contributed by atoms with Gasteiger partial charge in [0.2, 0.25) is 0 Å². The molecule has 0 aromatic heterocycles. The van der Waals surface area contributed by atoms with E-state index in [0.29, 0.717) is 17.2 Å². The molecule has 1 atom stereocenters. The van der Waals surface area contributed by atoms with Crippen LogP contribution in [-0.2, 0) is 4.79 Å². The van der Waals surface area contributed by atoms with E-state index in [2.05, 4.69) is 13.8 Å². The number of carbonyl (C=O) groups is 1. The van der Waals surface area contributed by atoms with Crippen LogP contribution in [0.4, 0.5) is 10.1 Å². The highest BCUT2D eigenvalue weighted by Gasteiger charge is 2.12. The summed E-state index contributed by atoms with van der Waals surface area (Å²) in [6.07, 6.45) is 3.45. The zero-order valence-electron chi connectivity index (χ0n) is 12.3. The van der Waals surface area contributed by atoms with Crippen LogP contribution in [0.2, 0.25) is 0 Å². The minimum Gasteiger partial charge on any atom is -0.478 e. The number of benzene rings is 1. The van der Waals surface area contributed by atoms with Crippen LogP contribution in [-0.4, -0.2) is 24.2 Å². The Hall–Kier alpha value is -1.84.